The van der Waals surface area contributed by atoms with E-state index in [4.69, 9.17) is 5.41 Å². The van der Waals surface area contributed by atoms with Crippen molar-refractivity contribution in [3.05, 3.63) is 52.5 Å². The third-order valence-corrected chi connectivity index (χ3v) is 4.70. The highest BCUT2D eigenvalue weighted by atomic mass is 79.9. The molecule has 8 heteroatoms. The van der Waals surface area contributed by atoms with Crippen molar-refractivity contribution in [3.8, 4) is 0 Å². The summed E-state index contributed by atoms with van der Waals surface area (Å²) in [6, 6.07) is 10.5. The summed E-state index contributed by atoms with van der Waals surface area (Å²) in [7, 11) is 1.67. The monoisotopic (exact) mass is 417 g/mol. The van der Waals surface area contributed by atoms with Gasteiger partial charge in [0.25, 0.3) is 0 Å². The summed E-state index contributed by atoms with van der Waals surface area (Å²) in [6.07, 6.45) is -2.47. The van der Waals surface area contributed by atoms with E-state index in [0.717, 1.165) is 27.2 Å². The highest BCUT2D eigenvalue weighted by molar-refractivity contribution is 9.10. The fraction of sp³-hybridized carbons (Fsp3) is 0.188. The van der Waals surface area contributed by atoms with E-state index in [0.29, 0.717) is 0 Å². The molecule has 0 bridgehead atoms. The van der Waals surface area contributed by atoms with Crippen LogP contribution in [0.5, 0.6) is 0 Å². The van der Waals surface area contributed by atoms with E-state index in [9.17, 15) is 13.2 Å². The Hall–Kier alpha value is -1.67. The summed E-state index contributed by atoms with van der Waals surface area (Å²) in [5.41, 5.74) is 0.193. The number of thioether (sulfide) groups is 1. The van der Waals surface area contributed by atoms with E-state index in [1.54, 1.807) is 23.7 Å². The molecule has 0 amide bonds. The highest BCUT2D eigenvalue weighted by Crippen LogP contribution is 2.32. The third-order valence-electron chi connectivity index (χ3n) is 3.30. The van der Waals surface area contributed by atoms with Crippen molar-refractivity contribution in [1.29, 1.82) is 5.41 Å². The van der Waals surface area contributed by atoms with Gasteiger partial charge in [-0.3, -0.25) is 5.41 Å². The second kappa shape index (κ2) is 7.48. The lowest BCUT2D eigenvalue weighted by Crippen LogP contribution is -2.32. The zero-order valence-electron chi connectivity index (χ0n) is 12.9. The number of anilines is 2. The molecule has 2 rings (SSSR count). The minimum atomic E-state index is -4.42. The first-order valence-corrected chi connectivity index (χ1v) is 8.84. The lowest BCUT2D eigenvalue weighted by molar-refractivity contribution is -0.137. The summed E-state index contributed by atoms with van der Waals surface area (Å²) in [4.78, 5) is 2.58. The van der Waals surface area contributed by atoms with E-state index < -0.39 is 11.7 Å². The van der Waals surface area contributed by atoms with Crippen LogP contribution in [-0.2, 0) is 6.18 Å². The molecule has 0 saturated carbocycles. The van der Waals surface area contributed by atoms with Crippen LogP contribution in [0.4, 0.5) is 24.5 Å². The predicted octanol–water partition coefficient (Wildman–Crippen LogP) is 5.67. The average Bonchev–Trinajstić information content (AvgIpc) is 2.54. The molecule has 0 fully saturated rings. The average molecular weight is 418 g/mol. The topological polar surface area (TPSA) is 39.1 Å². The lowest BCUT2D eigenvalue weighted by Gasteiger charge is -2.23. The smallest absolute Gasteiger partial charge is 0.326 e. The molecule has 2 aromatic rings. The summed E-state index contributed by atoms with van der Waals surface area (Å²) >= 11 is 4.99. The van der Waals surface area contributed by atoms with Crippen LogP contribution in [0.1, 0.15) is 5.56 Å². The normalized spacial score (nSPS) is 11.2. The van der Waals surface area contributed by atoms with Gasteiger partial charge in [-0.2, -0.15) is 13.2 Å². The maximum absolute atomic E-state index is 12.8. The number of alkyl halides is 3. The second-order valence-electron chi connectivity index (χ2n) is 4.93. The standard InChI is InChI=1S/C16H15BrF3N3S/c1-23(14-9-12(24-2)6-7-13(14)17)15(21)22-11-5-3-4-10(8-11)16(18,19)20/h3-9H,1-2H3,(H2,21,22). The molecule has 128 valence electrons. The van der Waals surface area contributed by atoms with Crippen molar-refractivity contribution < 1.29 is 13.2 Å². The zero-order valence-corrected chi connectivity index (χ0v) is 15.3. The van der Waals surface area contributed by atoms with E-state index in [-0.39, 0.29) is 11.6 Å². The number of rotatable bonds is 3. The first-order chi connectivity index (χ1) is 11.2. The number of halogens is 4. The largest absolute Gasteiger partial charge is 0.416 e. The van der Waals surface area contributed by atoms with Gasteiger partial charge in [0.2, 0.25) is 0 Å². The van der Waals surface area contributed by atoms with Crippen molar-refractivity contribution in [1.82, 2.24) is 0 Å². The summed E-state index contributed by atoms with van der Waals surface area (Å²) in [6.45, 7) is 0. The van der Waals surface area contributed by atoms with Gasteiger partial charge in [-0.25, -0.2) is 0 Å². The number of nitrogens with one attached hydrogen (secondary N) is 2. The van der Waals surface area contributed by atoms with Crippen LogP contribution in [0.25, 0.3) is 0 Å². The van der Waals surface area contributed by atoms with Crippen LogP contribution >= 0.6 is 27.7 Å². The number of benzene rings is 2. The van der Waals surface area contributed by atoms with Gasteiger partial charge >= 0.3 is 6.18 Å². The van der Waals surface area contributed by atoms with Gasteiger partial charge in [0.15, 0.2) is 5.96 Å². The van der Waals surface area contributed by atoms with Crippen LogP contribution in [-0.4, -0.2) is 19.3 Å². The molecular weight excluding hydrogens is 403 g/mol. The number of hydrogen-bond acceptors (Lipinski definition) is 2. The molecule has 0 unspecified atom stereocenters. The van der Waals surface area contributed by atoms with Crippen molar-refractivity contribution in [3.63, 3.8) is 0 Å². The first kappa shape index (κ1) is 18.7. The van der Waals surface area contributed by atoms with Crippen LogP contribution in [0.15, 0.2) is 51.8 Å². The summed E-state index contributed by atoms with van der Waals surface area (Å²) in [5.74, 6) is -0.0340. The fourth-order valence-electron chi connectivity index (χ4n) is 1.99. The fourth-order valence-corrected chi connectivity index (χ4v) is 2.94. The van der Waals surface area contributed by atoms with E-state index in [1.165, 1.54) is 12.1 Å². The van der Waals surface area contributed by atoms with Gasteiger partial charge in [-0.15, -0.1) is 11.8 Å². The zero-order chi connectivity index (χ0) is 17.9. The molecule has 0 saturated heterocycles. The van der Waals surface area contributed by atoms with Crippen LogP contribution in [0.2, 0.25) is 0 Å². The molecule has 0 aliphatic carbocycles. The molecule has 0 heterocycles. The Balaban J connectivity index is 2.21. The van der Waals surface area contributed by atoms with E-state index >= 15 is 0 Å². The Morgan fingerprint density at radius 3 is 2.54 bits per heavy atom. The molecule has 0 spiro atoms. The number of hydrogen-bond donors (Lipinski definition) is 2. The first-order valence-electron chi connectivity index (χ1n) is 6.82. The summed E-state index contributed by atoms with van der Waals surface area (Å²) < 4.78 is 39.1. The lowest BCUT2D eigenvalue weighted by atomic mass is 10.2. The molecule has 0 radical (unpaired) electrons. The quantitative estimate of drug-likeness (QED) is 0.383. The second-order valence-corrected chi connectivity index (χ2v) is 6.66. The Morgan fingerprint density at radius 2 is 1.92 bits per heavy atom. The minimum Gasteiger partial charge on any atom is -0.326 e. The Bertz CT molecular complexity index is 750. The predicted molar refractivity (Wildman–Crippen MR) is 97.1 cm³/mol. The molecule has 2 N–H and O–H groups in total. The summed E-state index contributed by atoms with van der Waals surface area (Å²) in [5, 5.41) is 10.8. The maximum atomic E-state index is 12.8. The van der Waals surface area contributed by atoms with Crippen molar-refractivity contribution in [2.75, 3.05) is 23.5 Å². The van der Waals surface area contributed by atoms with Crippen LogP contribution in [0, 0.1) is 5.41 Å². The van der Waals surface area contributed by atoms with Crippen LogP contribution in [0.3, 0.4) is 0 Å². The molecule has 3 nitrogen and oxygen atoms in total. The molecule has 0 aliphatic heterocycles. The molecule has 0 aromatic heterocycles. The van der Waals surface area contributed by atoms with Crippen molar-refractivity contribution >= 4 is 45.0 Å². The number of guanidine groups is 1. The molecule has 0 aliphatic rings. The van der Waals surface area contributed by atoms with Crippen molar-refractivity contribution in [2.24, 2.45) is 0 Å². The third kappa shape index (κ3) is 4.45. The SMILES string of the molecule is CSc1ccc(Br)c(N(C)C(=N)Nc2cccc(C(F)(F)F)c2)c1. The molecular formula is C16H15BrF3N3S. The number of nitrogens with zero attached hydrogens (tertiary/aromatic N) is 1. The van der Waals surface area contributed by atoms with E-state index in [1.807, 2.05) is 24.5 Å². The van der Waals surface area contributed by atoms with Gasteiger partial charge < -0.3 is 10.2 Å². The molecule has 24 heavy (non-hydrogen) atoms. The Kier molecular flexibility index (Phi) is 5.82. The van der Waals surface area contributed by atoms with Crippen LogP contribution < -0.4 is 10.2 Å². The van der Waals surface area contributed by atoms with Gasteiger partial charge in [-0.1, -0.05) is 6.07 Å². The minimum absolute atomic E-state index is 0.0340. The van der Waals surface area contributed by atoms with Gasteiger partial charge in [-0.05, 0) is 58.6 Å². The Morgan fingerprint density at radius 1 is 1.21 bits per heavy atom. The van der Waals surface area contributed by atoms with Crippen molar-refractivity contribution in [2.45, 2.75) is 11.1 Å². The van der Waals surface area contributed by atoms with Gasteiger partial charge in [0, 0.05) is 22.1 Å². The molecule has 2 aromatic carbocycles. The maximum Gasteiger partial charge on any atom is 0.416 e. The molecule has 0 atom stereocenters. The van der Waals surface area contributed by atoms with E-state index in [2.05, 4.69) is 21.2 Å². The van der Waals surface area contributed by atoms with Gasteiger partial charge in [0.1, 0.15) is 0 Å². The Labute approximate surface area is 150 Å². The van der Waals surface area contributed by atoms with Gasteiger partial charge in [0.05, 0.1) is 11.3 Å². The highest BCUT2D eigenvalue weighted by Gasteiger charge is 2.30.